The third kappa shape index (κ3) is 2.54. The average molecular weight is 308 g/mol. The van der Waals surface area contributed by atoms with Crippen molar-refractivity contribution in [3.05, 3.63) is 39.6 Å². The standard InChI is InChI=1S/C15H18ClN3S/c1-10(2)15-17-8-13(12(7-16)18-15)19-5-3-14-11(9-19)4-6-20-14/h4,6,8,10H,3,5,7,9H2,1-2H3. The second kappa shape index (κ2) is 5.70. The molecule has 3 rings (SSSR count). The summed E-state index contributed by atoms with van der Waals surface area (Å²) in [6.07, 6.45) is 3.04. The van der Waals surface area contributed by atoms with Gasteiger partial charge in [0.05, 0.1) is 23.5 Å². The van der Waals surface area contributed by atoms with Crippen molar-refractivity contribution in [1.82, 2.24) is 9.97 Å². The molecule has 0 fully saturated rings. The Bertz CT molecular complexity index is 609. The van der Waals surface area contributed by atoms with E-state index in [1.807, 2.05) is 17.5 Å². The van der Waals surface area contributed by atoms with E-state index >= 15 is 0 Å². The van der Waals surface area contributed by atoms with Crippen LogP contribution < -0.4 is 4.90 Å². The number of thiophene rings is 1. The molecule has 0 N–H and O–H groups in total. The van der Waals surface area contributed by atoms with Gasteiger partial charge in [-0.2, -0.15) is 0 Å². The fourth-order valence-electron chi connectivity index (χ4n) is 2.52. The van der Waals surface area contributed by atoms with Gasteiger partial charge in [0.1, 0.15) is 5.82 Å². The molecule has 2 aromatic heterocycles. The Labute approximate surface area is 128 Å². The van der Waals surface area contributed by atoms with Gasteiger partial charge in [0.25, 0.3) is 0 Å². The van der Waals surface area contributed by atoms with E-state index in [0.29, 0.717) is 11.8 Å². The molecule has 0 atom stereocenters. The minimum atomic E-state index is 0.329. The second-order valence-corrected chi connectivity index (χ2v) is 6.66. The smallest absolute Gasteiger partial charge is 0.131 e. The van der Waals surface area contributed by atoms with Crippen molar-refractivity contribution in [3.63, 3.8) is 0 Å². The van der Waals surface area contributed by atoms with Gasteiger partial charge in [-0.05, 0) is 23.4 Å². The van der Waals surface area contributed by atoms with E-state index in [4.69, 9.17) is 11.6 Å². The predicted octanol–water partition coefficient (Wildman–Crippen LogP) is 3.96. The molecule has 20 heavy (non-hydrogen) atoms. The molecule has 0 saturated carbocycles. The van der Waals surface area contributed by atoms with Gasteiger partial charge in [0, 0.05) is 23.9 Å². The zero-order valence-electron chi connectivity index (χ0n) is 11.8. The summed E-state index contributed by atoms with van der Waals surface area (Å²) in [6, 6.07) is 2.22. The van der Waals surface area contributed by atoms with Crippen molar-refractivity contribution in [2.24, 2.45) is 0 Å². The summed E-state index contributed by atoms with van der Waals surface area (Å²) in [6.45, 7) is 6.16. The largest absolute Gasteiger partial charge is 0.364 e. The summed E-state index contributed by atoms with van der Waals surface area (Å²) in [5.74, 6) is 1.64. The van der Waals surface area contributed by atoms with Crippen LogP contribution in [0.2, 0.25) is 0 Å². The number of hydrogen-bond acceptors (Lipinski definition) is 4. The number of nitrogens with zero attached hydrogens (tertiary/aromatic N) is 3. The Hall–Kier alpha value is -1.13. The highest BCUT2D eigenvalue weighted by Crippen LogP contribution is 2.30. The van der Waals surface area contributed by atoms with Crippen LogP contribution in [-0.4, -0.2) is 16.5 Å². The molecule has 0 spiro atoms. The number of aromatic nitrogens is 2. The number of halogens is 1. The topological polar surface area (TPSA) is 29.0 Å². The monoisotopic (exact) mass is 307 g/mol. The maximum absolute atomic E-state index is 6.09. The van der Waals surface area contributed by atoms with Crippen LogP contribution in [0.1, 0.15) is 41.7 Å². The molecule has 106 valence electrons. The van der Waals surface area contributed by atoms with Crippen LogP contribution in [0.5, 0.6) is 0 Å². The maximum atomic E-state index is 6.09. The number of rotatable bonds is 3. The van der Waals surface area contributed by atoms with Crippen LogP contribution >= 0.6 is 22.9 Å². The number of hydrogen-bond donors (Lipinski definition) is 0. The van der Waals surface area contributed by atoms with E-state index in [0.717, 1.165) is 36.7 Å². The molecule has 1 aliphatic rings. The molecule has 0 aromatic carbocycles. The third-order valence-electron chi connectivity index (χ3n) is 3.66. The SMILES string of the molecule is CC(C)c1ncc(N2CCc3sccc3C2)c(CCl)n1. The molecule has 0 radical (unpaired) electrons. The zero-order chi connectivity index (χ0) is 14.1. The van der Waals surface area contributed by atoms with E-state index in [1.165, 1.54) is 10.4 Å². The molecular weight excluding hydrogens is 290 g/mol. The van der Waals surface area contributed by atoms with E-state index < -0.39 is 0 Å². The molecule has 0 bridgehead atoms. The normalized spacial score (nSPS) is 14.7. The Balaban J connectivity index is 1.91. The lowest BCUT2D eigenvalue weighted by Crippen LogP contribution is -2.30. The van der Waals surface area contributed by atoms with Gasteiger partial charge < -0.3 is 4.90 Å². The predicted molar refractivity (Wildman–Crippen MR) is 84.8 cm³/mol. The van der Waals surface area contributed by atoms with Crippen molar-refractivity contribution in [1.29, 1.82) is 0 Å². The van der Waals surface area contributed by atoms with E-state index in [-0.39, 0.29) is 0 Å². The average Bonchev–Trinajstić information content (AvgIpc) is 2.93. The van der Waals surface area contributed by atoms with Crippen LogP contribution in [0.4, 0.5) is 5.69 Å². The Morgan fingerprint density at radius 2 is 2.30 bits per heavy atom. The van der Waals surface area contributed by atoms with E-state index in [9.17, 15) is 0 Å². The van der Waals surface area contributed by atoms with E-state index in [2.05, 4.69) is 40.2 Å². The lowest BCUT2D eigenvalue weighted by molar-refractivity contribution is 0.718. The lowest BCUT2D eigenvalue weighted by atomic mass is 10.1. The first-order valence-electron chi connectivity index (χ1n) is 6.91. The molecule has 0 unspecified atom stereocenters. The fraction of sp³-hybridized carbons (Fsp3) is 0.467. The first-order valence-corrected chi connectivity index (χ1v) is 8.32. The van der Waals surface area contributed by atoms with Crippen LogP contribution in [0.15, 0.2) is 17.6 Å². The summed E-state index contributed by atoms with van der Waals surface area (Å²) >= 11 is 7.95. The highest BCUT2D eigenvalue weighted by atomic mass is 35.5. The number of fused-ring (bicyclic) bond motifs is 1. The first kappa shape index (κ1) is 13.8. The van der Waals surface area contributed by atoms with Gasteiger partial charge in [-0.1, -0.05) is 13.8 Å². The van der Waals surface area contributed by atoms with Crippen LogP contribution in [0.25, 0.3) is 0 Å². The van der Waals surface area contributed by atoms with Crippen molar-refractivity contribution in [2.75, 3.05) is 11.4 Å². The van der Waals surface area contributed by atoms with Gasteiger partial charge in [0.15, 0.2) is 0 Å². The highest BCUT2D eigenvalue weighted by Gasteiger charge is 2.21. The van der Waals surface area contributed by atoms with Gasteiger partial charge in [-0.25, -0.2) is 9.97 Å². The Kier molecular flexibility index (Phi) is 3.94. The molecule has 1 aliphatic heterocycles. The van der Waals surface area contributed by atoms with Crippen molar-refractivity contribution >= 4 is 28.6 Å². The zero-order valence-corrected chi connectivity index (χ0v) is 13.3. The first-order chi connectivity index (χ1) is 9.69. The molecular formula is C15H18ClN3S. The molecule has 0 saturated heterocycles. The van der Waals surface area contributed by atoms with Crippen molar-refractivity contribution < 1.29 is 0 Å². The maximum Gasteiger partial charge on any atom is 0.131 e. The van der Waals surface area contributed by atoms with Crippen LogP contribution in [0, 0.1) is 0 Å². The number of alkyl halides is 1. The Morgan fingerprint density at radius 1 is 1.45 bits per heavy atom. The minimum absolute atomic E-state index is 0.329. The minimum Gasteiger partial charge on any atom is -0.364 e. The molecule has 3 heterocycles. The van der Waals surface area contributed by atoms with Crippen molar-refractivity contribution in [2.45, 2.75) is 38.6 Å². The van der Waals surface area contributed by atoms with Crippen LogP contribution in [-0.2, 0) is 18.8 Å². The number of anilines is 1. The summed E-state index contributed by atoms with van der Waals surface area (Å²) in [7, 11) is 0. The second-order valence-electron chi connectivity index (χ2n) is 5.39. The molecule has 2 aromatic rings. The molecule has 0 amide bonds. The van der Waals surface area contributed by atoms with Crippen molar-refractivity contribution in [3.8, 4) is 0 Å². The fourth-order valence-corrected chi connectivity index (χ4v) is 3.61. The van der Waals surface area contributed by atoms with Gasteiger partial charge in [-0.15, -0.1) is 22.9 Å². The van der Waals surface area contributed by atoms with E-state index in [1.54, 1.807) is 0 Å². The third-order valence-corrected chi connectivity index (χ3v) is 4.93. The summed E-state index contributed by atoms with van der Waals surface area (Å²) in [5, 5.41) is 2.18. The molecule has 3 nitrogen and oxygen atoms in total. The molecule has 5 heteroatoms. The molecule has 0 aliphatic carbocycles. The summed E-state index contributed by atoms with van der Waals surface area (Å²) < 4.78 is 0. The quantitative estimate of drug-likeness (QED) is 0.804. The lowest BCUT2D eigenvalue weighted by Gasteiger charge is -2.30. The van der Waals surface area contributed by atoms with Crippen LogP contribution in [0.3, 0.4) is 0 Å². The van der Waals surface area contributed by atoms with Gasteiger partial charge in [0.2, 0.25) is 0 Å². The van der Waals surface area contributed by atoms with Gasteiger partial charge >= 0.3 is 0 Å². The highest BCUT2D eigenvalue weighted by molar-refractivity contribution is 7.10. The summed E-state index contributed by atoms with van der Waals surface area (Å²) in [5.41, 5.74) is 3.46. The summed E-state index contributed by atoms with van der Waals surface area (Å²) in [4.78, 5) is 13.0. The Morgan fingerprint density at radius 3 is 3.05 bits per heavy atom. The van der Waals surface area contributed by atoms with Gasteiger partial charge in [-0.3, -0.25) is 0 Å².